The number of anilines is 1. The van der Waals surface area contributed by atoms with Gasteiger partial charge in [-0.3, -0.25) is 4.79 Å². The van der Waals surface area contributed by atoms with E-state index in [2.05, 4.69) is 31.4 Å². The number of nitrogens with zero attached hydrogens (tertiary/aromatic N) is 3. The zero-order chi connectivity index (χ0) is 26.4. The van der Waals surface area contributed by atoms with E-state index in [0.717, 1.165) is 15.6 Å². The number of halogens is 1. The summed E-state index contributed by atoms with van der Waals surface area (Å²) in [4.78, 5) is 17.4. The van der Waals surface area contributed by atoms with Gasteiger partial charge >= 0.3 is 0 Å². The van der Waals surface area contributed by atoms with E-state index in [9.17, 15) is 13.2 Å². The maximum atomic E-state index is 13.4. The van der Waals surface area contributed by atoms with Crippen LogP contribution < -0.4 is 5.32 Å². The van der Waals surface area contributed by atoms with Crippen LogP contribution in [0, 0.1) is 0 Å². The zero-order valence-corrected chi connectivity index (χ0v) is 22.9. The third-order valence-electron chi connectivity index (χ3n) is 5.55. The number of amides is 1. The molecule has 1 aromatic heterocycles. The molecule has 0 spiro atoms. The minimum absolute atomic E-state index is 0.0555. The Morgan fingerprint density at radius 1 is 0.973 bits per heavy atom. The molecule has 37 heavy (non-hydrogen) atoms. The van der Waals surface area contributed by atoms with Crippen molar-refractivity contribution < 1.29 is 17.7 Å². The third kappa shape index (κ3) is 7.12. The van der Waals surface area contributed by atoms with Gasteiger partial charge in [-0.2, -0.15) is 9.29 Å². The Morgan fingerprint density at radius 3 is 2.24 bits per heavy atom. The molecule has 3 aromatic carbocycles. The first-order valence-electron chi connectivity index (χ1n) is 11.7. The van der Waals surface area contributed by atoms with Gasteiger partial charge in [0.05, 0.1) is 11.4 Å². The molecule has 0 aliphatic heterocycles. The van der Waals surface area contributed by atoms with E-state index in [-0.39, 0.29) is 23.9 Å². The number of sulfonamides is 1. The van der Waals surface area contributed by atoms with Crippen molar-refractivity contribution >= 4 is 37.5 Å². The summed E-state index contributed by atoms with van der Waals surface area (Å²) in [5, 5.41) is 6.80. The molecule has 0 saturated heterocycles. The lowest BCUT2D eigenvalue weighted by Gasteiger charge is -2.22. The number of hydrogen-bond acceptors (Lipinski definition) is 6. The Hall–Kier alpha value is -3.34. The fourth-order valence-corrected chi connectivity index (χ4v) is 5.25. The monoisotopic (exact) mass is 582 g/mol. The van der Waals surface area contributed by atoms with E-state index in [1.54, 1.807) is 30.3 Å². The van der Waals surface area contributed by atoms with Crippen LogP contribution in [0.25, 0.3) is 0 Å². The molecule has 0 fully saturated rings. The summed E-state index contributed by atoms with van der Waals surface area (Å²) in [7, 11) is -3.90. The lowest BCUT2D eigenvalue weighted by atomic mass is 10.1. The predicted octanol–water partition coefficient (Wildman–Crippen LogP) is 5.38. The molecule has 192 valence electrons. The van der Waals surface area contributed by atoms with Gasteiger partial charge in [0.2, 0.25) is 21.8 Å². The summed E-state index contributed by atoms with van der Waals surface area (Å²) in [6.45, 7) is 3.69. The smallest absolute Gasteiger partial charge is 0.243 e. The predicted molar refractivity (Wildman–Crippen MR) is 144 cm³/mol. The van der Waals surface area contributed by atoms with E-state index < -0.39 is 15.9 Å². The Bertz CT molecular complexity index is 1440. The van der Waals surface area contributed by atoms with Gasteiger partial charge in [-0.15, -0.1) is 0 Å². The summed E-state index contributed by atoms with van der Waals surface area (Å²) in [5.41, 5.74) is 2.28. The number of aromatic nitrogens is 2. The Labute approximate surface area is 224 Å². The quantitative estimate of drug-likeness (QED) is 0.269. The van der Waals surface area contributed by atoms with Crippen molar-refractivity contribution in [1.29, 1.82) is 0 Å². The van der Waals surface area contributed by atoms with Gasteiger partial charge in [-0.05, 0) is 47.5 Å². The largest absolute Gasteiger partial charge is 0.339 e. The van der Waals surface area contributed by atoms with Crippen molar-refractivity contribution in [3.8, 4) is 0 Å². The lowest BCUT2D eigenvalue weighted by Crippen LogP contribution is -2.37. The SMILES string of the molecule is CC(C)c1nc(Cc2ccc(NC(=O)CN(Cc3ccc(Br)cc3)S(=O)(=O)c3ccccc3)cc2)no1. The highest BCUT2D eigenvalue weighted by molar-refractivity contribution is 9.10. The van der Waals surface area contributed by atoms with E-state index in [4.69, 9.17) is 4.52 Å². The molecule has 1 amide bonds. The van der Waals surface area contributed by atoms with Crippen LogP contribution in [-0.2, 0) is 27.8 Å². The summed E-state index contributed by atoms with van der Waals surface area (Å²) in [6, 6.07) is 22.7. The minimum Gasteiger partial charge on any atom is -0.339 e. The van der Waals surface area contributed by atoms with Crippen LogP contribution in [0.1, 0.15) is 42.6 Å². The van der Waals surface area contributed by atoms with E-state index in [1.807, 2.05) is 50.2 Å². The van der Waals surface area contributed by atoms with Crippen molar-refractivity contribution in [2.24, 2.45) is 0 Å². The number of nitrogens with one attached hydrogen (secondary N) is 1. The average molecular weight is 584 g/mol. The van der Waals surface area contributed by atoms with Gasteiger partial charge in [-0.1, -0.05) is 77.4 Å². The molecule has 0 bridgehead atoms. The van der Waals surface area contributed by atoms with Crippen molar-refractivity contribution in [3.05, 3.63) is 106 Å². The first kappa shape index (κ1) is 26.7. The van der Waals surface area contributed by atoms with Crippen molar-refractivity contribution in [3.63, 3.8) is 0 Å². The van der Waals surface area contributed by atoms with Gasteiger partial charge in [0.15, 0.2) is 5.82 Å². The van der Waals surface area contributed by atoms with Crippen LogP contribution >= 0.6 is 15.9 Å². The molecule has 1 N–H and O–H groups in total. The van der Waals surface area contributed by atoms with Gasteiger partial charge in [0, 0.05) is 29.0 Å². The number of benzene rings is 3. The maximum Gasteiger partial charge on any atom is 0.243 e. The van der Waals surface area contributed by atoms with Crippen LogP contribution in [0.15, 0.2) is 92.8 Å². The first-order valence-corrected chi connectivity index (χ1v) is 13.9. The third-order valence-corrected chi connectivity index (χ3v) is 7.89. The highest BCUT2D eigenvalue weighted by atomic mass is 79.9. The number of carbonyl (C=O) groups is 1. The lowest BCUT2D eigenvalue weighted by molar-refractivity contribution is -0.116. The molecule has 8 nitrogen and oxygen atoms in total. The van der Waals surface area contributed by atoms with Gasteiger partial charge in [0.1, 0.15) is 0 Å². The van der Waals surface area contributed by atoms with Crippen molar-refractivity contribution in [2.45, 2.75) is 37.6 Å². The van der Waals surface area contributed by atoms with Gasteiger partial charge < -0.3 is 9.84 Å². The van der Waals surface area contributed by atoms with Crippen LogP contribution in [0.3, 0.4) is 0 Å². The molecular formula is C27H27BrN4O4S. The Balaban J connectivity index is 1.45. The minimum atomic E-state index is -3.90. The summed E-state index contributed by atoms with van der Waals surface area (Å²) in [6.07, 6.45) is 0.501. The summed E-state index contributed by atoms with van der Waals surface area (Å²) >= 11 is 3.39. The van der Waals surface area contributed by atoms with Crippen molar-refractivity contribution in [1.82, 2.24) is 14.4 Å². The molecule has 0 aliphatic carbocycles. The molecule has 0 atom stereocenters. The molecule has 0 saturated carbocycles. The van der Waals surface area contributed by atoms with Crippen LogP contribution in [0.5, 0.6) is 0 Å². The highest BCUT2D eigenvalue weighted by Gasteiger charge is 2.27. The highest BCUT2D eigenvalue weighted by Crippen LogP contribution is 2.20. The summed E-state index contributed by atoms with van der Waals surface area (Å²) in [5.74, 6) is 0.907. The molecule has 0 unspecified atom stereocenters. The molecule has 1 heterocycles. The molecule has 10 heteroatoms. The molecule has 0 aliphatic rings. The standard InChI is InChI=1S/C27H27BrN4O4S/c1-19(2)27-30-25(31-36-27)16-20-10-14-23(15-11-20)29-26(33)18-32(17-21-8-12-22(28)13-9-21)37(34,35)24-6-4-3-5-7-24/h3-15,19H,16-18H2,1-2H3,(H,29,33). The van der Waals surface area contributed by atoms with E-state index in [1.165, 1.54) is 16.4 Å². The fraction of sp³-hybridized carbons (Fsp3) is 0.222. The number of rotatable bonds is 10. The Morgan fingerprint density at radius 2 is 1.62 bits per heavy atom. The van der Waals surface area contributed by atoms with Crippen LogP contribution in [-0.4, -0.2) is 35.3 Å². The normalized spacial score (nSPS) is 11.7. The molecule has 4 rings (SSSR count). The topological polar surface area (TPSA) is 105 Å². The average Bonchev–Trinajstić information content (AvgIpc) is 3.35. The van der Waals surface area contributed by atoms with Gasteiger partial charge in [0.25, 0.3) is 0 Å². The van der Waals surface area contributed by atoms with Crippen LogP contribution in [0.4, 0.5) is 5.69 Å². The second-order valence-corrected chi connectivity index (χ2v) is 11.7. The van der Waals surface area contributed by atoms with Crippen molar-refractivity contribution in [2.75, 3.05) is 11.9 Å². The fourth-order valence-electron chi connectivity index (χ4n) is 3.58. The molecule has 4 aromatic rings. The zero-order valence-electron chi connectivity index (χ0n) is 20.5. The van der Waals surface area contributed by atoms with E-state index >= 15 is 0 Å². The number of hydrogen-bond donors (Lipinski definition) is 1. The maximum absolute atomic E-state index is 13.4. The van der Waals surface area contributed by atoms with E-state index in [0.29, 0.717) is 23.8 Å². The second-order valence-electron chi connectivity index (χ2n) is 8.84. The molecular weight excluding hydrogens is 556 g/mol. The molecule has 0 radical (unpaired) electrons. The number of carbonyl (C=O) groups excluding carboxylic acids is 1. The Kier molecular flexibility index (Phi) is 8.52. The van der Waals surface area contributed by atoms with Gasteiger partial charge in [-0.25, -0.2) is 8.42 Å². The van der Waals surface area contributed by atoms with Crippen LogP contribution in [0.2, 0.25) is 0 Å². The second kappa shape index (κ2) is 11.8. The summed E-state index contributed by atoms with van der Waals surface area (Å²) < 4.78 is 34.0. The first-order chi connectivity index (χ1) is 17.7.